The Bertz CT molecular complexity index is 703. The van der Waals surface area contributed by atoms with Crippen molar-refractivity contribution >= 4 is 52.0 Å². The topological polar surface area (TPSA) is 132 Å². The molecule has 1 aromatic carbocycles. The predicted molar refractivity (Wildman–Crippen MR) is 90.9 cm³/mol. The molecule has 10 heteroatoms. The number of nitrogens with two attached hydrogens (primary N) is 2. The summed E-state index contributed by atoms with van der Waals surface area (Å²) in [4.78, 5) is 31.2. The molecule has 1 aliphatic heterocycles. The molecule has 0 saturated carbocycles. The number of nitrogens with zero attached hydrogens (tertiary/aromatic N) is 2. The van der Waals surface area contributed by atoms with Crippen LogP contribution >= 0.6 is 23.4 Å². The van der Waals surface area contributed by atoms with E-state index in [4.69, 9.17) is 27.8 Å². The van der Waals surface area contributed by atoms with Gasteiger partial charge in [-0.25, -0.2) is 0 Å². The van der Waals surface area contributed by atoms with Crippen LogP contribution in [0.1, 0.15) is 6.42 Å². The normalized spacial score (nSPS) is 16.7. The first-order valence-corrected chi connectivity index (χ1v) is 7.67. The molecule has 23 heavy (non-hydrogen) atoms. The Kier molecular flexibility index (Phi) is 5.45. The van der Waals surface area contributed by atoms with E-state index in [1.54, 1.807) is 18.2 Å². The van der Waals surface area contributed by atoms with E-state index in [0.717, 1.165) is 11.8 Å². The van der Waals surface area contributed by atoms with E-state index < -0.39 is 11.2 Å². The van der Waals surface area contributed by atoms with Crippen molar-refractivity contribution in [1.82, 2.24) is 0 Å². The highest BCUT2D eigenvalue weighted by molar-refractivity contribution is 8.15. The van der Waals surface area contributed by atoms with Crippen LogP contribution in [0.5, 0.6) is 5.75 Å². The van der Waals surface area contributed by atoms with Crippen molar-refractivity contribution in [3.63, 3.8) is 0 Å². The van der Waals surface area contributed by atoms with E-state index in [-0.39, 0.29) is 23.5 Å². The van der Waals surface area contributed by atoms with Gasteiger partial charge in [-0.05, 0) is 18.2 Å². The predicted octanol–water partition coefficient (Wildman–Crippen LogP) is 0.949. The van der Waals surface area contributed by atoms with E-state index in [2.05, 4.69) is 15.3 Å². The summed E-state index contributed by atoms with van der Waals surface area (Å²) in [5.74, 6) is -0.566. The SMILES string of the molecule is COc1ccc(Cl)cc1NC(=O)C[C@H]1SC(N=C(N)N)=NC1=O. The van der Waals surface area contributed by atoms with E-state index in [0.29, 0.717) is 16.5 Å². The van der Waals surface area contributed by atoms with E-state index in [1.807, 2.05) is 0 Å². The highest BCUT2D eigenvalue weighted by atomic mass is 35.5. The first-order chi connectivity index (χ1) is 10.9. The molecule has 5 N–H and O–H groups in total. The molecular formula is C13H14ClN5O3S. The minimum atomic E-state index is -0.668. The lowest BCUT2D eigenvalue weighted by Crippen LogP contribution is -2.23. The maximum Gasteiger partial charge on any atom is 0.262 e. The van der Waals surface area contributed by atoms with Gasteiger partial charge in [0.15, 0.2) is 11.1 Å². The monoisotopic (exact) mass is 355 g/mol. The third-order valence-corrected chi connectivity index (χ3v) is 4.04. The van der Waals surface area contributed by atoms with Crippen LogP contribution in [0.3, 0.4) is 0 Å². The summed E-state index contributed by atoms with van der Waals surface area (Å²) in [5.41, 5.74) is 10.9. The van der Waals surface area contributed by atoms with Crippen molar-refractivity contribution < 1.29 is 14.3 Å². The third-order valence-electron chi connectivity index (χ3n) is 2.76. The number of carbonyl (C=O) groups is 2. The number of halogens is 1. The maximum absolute atomic E-state index is 12.1. The number of hydrogen-bond acceptors (Lipinski definition) is 5. The Labute approximate surface area is 141 Å². The van der Waals surface area contributed by atoms with Crippen LogP contribution in [0.2, 0.25) is 5.02 Å². The standard InChI is InChI=1S/C13H14ClN5O3S/c1-22-8-3-2-6(14)4-7(8)17-10(20)5-9-11(21)18-13(23-9)19-12(15)16/h2-4,9H,5H2,1H3,(H,17,20)(H4,15,16,18,19,21)/t9-/m1/s1. The van der Waals surface area contributed by atoms with Gasteiger partial charge in [0, 0.05) is 11.4 Å². The number of amides is 2. The van der Waals surface area contributed by atoms with Crippen LogP contribution in [0.25, 0.3) is 0 Å². The molecule has 0 unspecified atom stereocenters. The van der Waals surface area contributed by atoms with Crippen LogP contribution in [-0.4, -0.2) is 35.3 Å². The quantitative estimate of drug-likeness (QED) is 0.544. The van der Waals surface area contributed by atoms with Gasteiger partial charge in [-0.2, -0.15) is 9.98 Å². The summed E-state index contributed by atoms with van der Waals surface area (Å²) in [7, 11) is 1.48. The number of benzene rings is 1. The van der Waals surface area contributed by atoms with Crippen molar-refractivity contribution in [3.05, 3.63) is 23.2 Å². The van der Waals surface area contributed by atoms with Crippen molar-refractivity contribution in [1.29, 1.82) is 0 Å². The van der Waals surface area contributed by atoms with E-state index in [1.165, 1.54) is 7.11 Å². The number of hydrogen-bond donors (Lipinski definition) is 3. The number of thioether (sulfide) groups is 1. The molecule has 0 aliphatic carbocycles. The molecule has 2 rings (SSSR count). The van der Waals surface area contributed by atoms with Crippen LogP contribution in [0.15, 0.2) is 28.2 Å². The zero-order valence-electron chi connectivity index (χ0n) is 12.1. The molecule has 0 aromatic heterocycles. The number of amidine groups is 1. The Balaban J connectivity index is 2.00. The fraction of sp³-hybridized carbons (Fsp3) is 0.231. The minimum Gasteiger partial charge on any atom is -0.495 e. The number of carbonyl (C=O) groups excluding carboxylic acids is 2. The van der Waals surface area contributed by atoms with E-state index in [9.17, 15) is 9.59 Å². The zero-order chi connectivity index (χ0) is 17.0. The second-order valence-electron chi connectivity index (χ2n) is 4.47. The summed E-state index contributed by atoms with van der Waals surface area (Å²) in [6.07, 6.45) is -0.0772. The van der Waals surface area contributed by atoms with Gasteiger partial charge in [-0.1, -0.05) is 23.4 Å². The molecule has 0 bridgehead atoms. The second kappa shape index (κ2) is 7.34. The van der Waals surface area contributed by atoms with Crippen molar-refractivity contribution in [2.75, 3.05) is 12.4 Å². The van der Waals surface area contributed by atoms with Gasteiger partial charge in [0.05, 0.1) is 12.8 Å². The average molecular weight is 356 g/mol. The largest absolute Gasteiger partial charge is 0.495 e. The van der Waals surface area contributed by atoms with Crippen LogP contribution in [0, 0.1) is 0 Å². The Morgan fingerprint density at radius 1 is 1.52 bits per heavy atom. The number of aliphatic imine (C=N–C) groups is 2. The van der Waals surface area contributed by atoms with Gasteiger partial charge in [0.2, 0.25) is 5.91 Å². The molecule has 8 nitrogen and oxygen atoms in total. The number of rotatable bonds is 4. The Hall–Kier alpha value is -2.26. The lowest BCUT2D eigenvalue weighted by molar-refractivity contribution is -0.121. The number of nitrogens with one attached hydrogen (secondary N) is 1. The third kappa shape index (κ3) is 4.60. The first kappa shape index (κ1) is 17.1. The molecular weight excluding hydrogens is 342 g/mol. The summed E-state index contributed by atoms with van der Waals surface area (Å²) >= 11 is 6.93. The molecule has 0 saturated heterocycles. The molecule has 0 spiro atoms. The zero-order valence-corrected chi connectivity index (χ0v) is 13.6. The van der Waals surface area contributed by atoms with Crippen molar-refractivity contribution in [2.24, 2.45) is 21.5 Å². The molecule has 122 valence electrons. The second-order valence-corrected chi connectivity index (χ2v) is 6.08. The summed E-state index contributed by atoms with van der Waals surface area (Å²) < 4.78 is 5.14. The highest BCUT2D eigenvalue weighted by Crippen LogP contribution is 2.29. The number of methoxy groups -OCH3 is 1. The lowest BCUT2D eigenvalue weighted by atomic mass is 10.2. The molecule has 2 amide bonds. The first-order valence-electron chi connectivity index (χ1n) is 6.41. The summed E-state index contributed by atoms with van der Waals surface area (Å²) in [5, 5.41) is 2.58. The number of ether oxygens (including phenoxy) is 1. The maximum atomic E-state index is 12.1. The van der Waals surface area contributed by atoms with Gasteiger partial charge in [-0.15, -0.1) is 0 Å². The molecule has 1 heterocycles. The van der Waals surface area contributed by atoms with Crippen molar-refractivity contribution in [3.8, 4) is 5.75 Å². The fourth-order valence-electron chi connectivity index (χ4n) is 1.81. The van der Waals surface area contributed by atoms with Crippen LogP contribution < -0.4 is 21.5 Å². The summed E-state index contributed by atoms with van der Waals surface area (Å²) in [6.45, 7) is 0. The average Bonchev–Trinajstić information content (AvgIpc) is 2.77. The Morgan fingerprint density at radius 3 is 2.91 bits per heavy atom. The fourth-order valence-corrected chi connectivity index (χ4v) is 2.92. The minimum absolute atomic E-state index is 0.0772. The van der Waals surface area contributed by atoms with Gasteiger partial charge in [-0.3, -0.25) is 9.59 Å². The van der Waals surface area contributed by atoms with Crippen molar-refractivity contribution in [2.45, 2.75) is 11.7 Å². The van der Waals surface area contributed by atoms with Crippen LogP contribution in [-0.2, 0) is 9.59 Å². The van der Waals surface area contributed by atoms with Crippen LogP contribution in [0.4, 0.5) is 5.69 Å². The summed E-state index contributed by atoms with van der Waals surface area (Å²) in [6, 6.07) is 4.83. The van der Waals surface area contributed by atoms with E-state index >= 15 is 0 Å². The number of anilines is 1. The Morgan fingerprint density at radius 2 is 2.26 bits per heavy atom. The van der Waals surface area contributed by atoms with Gasteiger partial charge >= 0.3 is 0 Å². The molecule has 0 radical (unpaired) electrons. The lowest BCUT2D eigenvalue weighted by Gasteiger charge is -2.11. The molecule has 1 atom stereocenters. The van der Waals surface area contributed by atoms with Gasteiger partial charge in [0.25, 0.3) is 5.91 Å². The molecule has 1 aliphatic rings. The van der Waals surface area contributed by atoms with Gasteiger partial charge < -0.3 is 21.5 Å². The molecule has 1 aromatic rings. The highest BCUT2D eigenvalue weighted by Gasteiger charge is 2.30. The smallest absolute Gasteiger partial charge is 0.262 e. The molecule has 0 fully saturated rings. The number of guanidine groups is 1. The van der Waals surface area contributed by atoms with Gasteiger partial charge in [0.1, 0.15) is 11.0 Å².